The lowest BCUT2D eigenvalue weighted by Gasteiger charge is -2.15. The molecule has 3 aromatic rings. The molecule has 1 aliphatic carbocycles. The quantitative estimate of drug-likeness (QED) is 0.536. The highest BCUT2D eigenvalue weighted by molar-refractivity contribution is 8.01. The fourth-order valence-corrected chi connectivity index (χ4v) is 4.73. The van der Waals surface area contributed by atoms with Crippen LogP contribution >= 0.6 is 23.1 Å². The molecule has 1 aliphatic rings. The molecule has 5 nitrogen and oxygen atoms in total. The third-order valence-corrected chi connectivity index (χ3v) is 6.82. The molecular weight excluding hydrogens is 388 g/mol. The van der Waals surface area contributed by atoms with Crippen LogP contribution in [-0.4, -0.2) is 22.1 Å². The lowest BCUT2D eigenvalue weighted by molar-refractivity contribution is -0.120. The summed E-state index contributed by atoms with van der Waals surface area (Å²) in [6.45, 7) is 4.18. The number of hydrogen-bond acceptors (Lipinski definition) is 6. The number of hydrogen-bond donors (Lipinski definition) is 2. The first-order valence-electron chi connectivity index (χ1n) is 9.28. The third-order valence-electron chi connectivity index (χ3n) is 4.65. The summed E-state index contributed by atoms with van der Waals surface area (Å²) < 4.78 is 0.770. The van der Waals surface area contributed by atoms with E-state index in [2.05, 4.69) is 46.8 Å². The van der Waals surface area contributed by atoms with Crippen molar-refractivity contribution in [3.63, 3.8) is 0 Å². The number of carbonyl (C=O) groups is 1. The predicted molar refractivity (Wildman–Crippen MR) is 115 cm³/mol. The average molecular weight is 411 g/mol. The fraction of sp³-hybridized carbons (Fsp3) is 0.286. The molecule has 1 saturated carbocycles. The van der Waals surface area contributed by atoms with Crippen LogP contribution in [0.1, 0.15) is 34.8 Å². The van der Waals surface area contributed by atoms with Gasteiger partial charge in [0.05, 0.1) is 0 Å². The van der Waals surface area contributed by atoms with E-state index in [9.17, 15) is 4.79 Å². The van der Waals surface area contributed by atoms with Crippen LogP contribution in [-0.2, 0) is 4.79 Å². The predicted octanol–water partition coefficient (Wildman–Crippen LogP) is 5.01. The third kappa shape index (κ3) is 4.72. The van der Waals surface area contributed by atoms with E-state index in [0.29, 0.717) is 6.04 Å². The van der Waals surface area contributed by atoms with E-state index in [-0.39, 0.29) is 11.2 Å². The van der Waals surface area contributed by atoms with Gasteiger partial charge in [-0.3, -0.25) is 4.79 Å². The molecule has 0 radical (unpaired) electrons. The second kappa shape index (κ2) is 8.32. The number of nitrogens with zero attached hydrogens (tertiary/aromatic N) is 2. The standard InChI is InChI=1S/C21H22N4OS2/c1-13-8-9-17(12-14(13)2)23-20-24-25-21(28-20)27-18(15-6-4-3-5-7-15)19(26)22-16-10-11-16/h3-9,12,16,18H,10-11H2,1-2H3,(H,22,26)(H,23,24)/t18-/m1/s1. The molecule has 0 unspecified atom stereocenters. The van der Waals surface area contributed by atoms with Crippen molar-refractivity contribution in [3.8, 4) is 0 Å². The van der Waals surface area contributed by atoms with E-state index in [1.165, 1.54) is 34.2 Å². The summed E-state index contributed by atoms with van der Waals surface area (Å²) in [6.07, 6.45) is 2.14. The first kappa shape index (κ1) is 19.0. The largest absolute Gasteiger partial charge is 0.352 e. The Morgan fingerprint density at radius 1 is 1.11 bits per heavy atom. The Kier molecular flexibility index (Phi) is 5.64. The van der Waals surface area contributed by atoms with E-state index in [0.717, 1.165) is 33.6 Å². The van der Waals surface area contributed by atoms with Gasteiger partial charge in [-0.1, -0.05) is 59.5 Å². The van der Waals surface area contributed by atoms with Crippen molar-refractivity contribution in [2.24, 2.45) is 0 Å². The van der Waals surface area contributed by atoms with Crippen molar-refractivity contribution < 1.29 is 4.79 Å². The second-order valence-corrected chi connectivity index (χ2v) is 9.32. The van der Waals surface area contributed by atoms with Gasteiger partial charge in [0.2, 0.25) is 11.0 Å². The summed E-state index contributed by atoms with van der Waals surface area (Å²) in [5, 5.41) is 15.3. The van der Waals surface area contributed by atoms with Gasteiger partial charge in [0, 0.05) is 11.7 Å². The molecular formula is C21H22N4OS2. The highest BCUT2D eigenvalue weighted by Crippen LogP contribution is 2.39. The van der Waals surface area contributed by atoms with E-state index in [4.69, 9.17) is 0 Å². The van der Waals surface area contributed by atoms with Crippen molar-refractivity contribution in [1.29, 1.82) is 0 Å². The molecule has 28 heavy (non-hydrogen) atoms. The van der Waals surface area contributed by atoms with Gasteiger partial charge in [0.1, 0.15) is 5.25 Å². The molecule has 0 bridgehead atoms. The Morgan fingerprint density at radius 3 is 2.61 bits per heavy atom. The molecule has 1 aromatic heterocycles. The maximum absolute atomic E-state index is 12.8. The van der Waals surface area contributed by atoms with Gasteiger partial charge >= 0.3 is 0 Å². The molecule has 1 atom stereocenters. The molecule has 144 valence electrons. The van der Waals surface area contributed by atoms with Gasteiger partial charge in [-0.2, -0.15) is 0 Å². The Hall–Kier alpha value is -2.38. The second-order valence-electron chi connectivity index (χ2n) is 6.99. The van der Waals surface area contributed by atoms with Gasteiger partial charge in [-0.15, -0.1) is 10.2 Å². The highest BCUT2D eigenvalue weighted by Gasteiger charge is 2.29. The zero-order valence-corrected chi connectivity index (χ0v) is 17.4. The Morgan fingerprint density at radius 2 is 1.89 bits per heavy atom. The van der Waals surface area contributed by atoms with Crippen LogP contribution in [0.5, 0.6) is 0 Å². The number of rotatable bonds is 7. The Balaban J connectivity index is 1.49. The maximum Gasteiger partial charge on any atom is 0.238 e. The Labute approximate surface area is 173 Å². The van der Waals surface area contributed by atoms with Crippen LogP contribution in [0.2, 0.25) is 0 Å². The summed E-state index contributed by atoms with van der Waals surface area (Å²) in [4.78, 5) is 12.8. The molecule has 4 rings (SSSR count). The lowest BCUT2D eigenvalue weighted by atomic mass is 10.1. The fourth-order valence-electron chi connectivity index (χ4n) is 2.76. The Bertz CT molecular complexity index is 970. The summed E-state index contributed by atoms with van der Waals surface area (Å²) in [7, 11) is 0. The maximum atomic E-state index is 12.8. The minimum absolute atomic E-state index is 0.0394. The van der Waals surface area contributed by atoms with Crippen molar-refractivity contribution >= 4 is 39.8 Å². The van der Waals surface area contributed by atoms with Gasteiger partial charge in [0.15, 0.2) is 4.34 Å². The number of benzene rings is 2. The normalized spacial score (nSPS) is 14.5. The van der Waals surface area contributed by atoms with Crippen molar-refractivity contribution in [3.05, 3.63) is 65.2 Å². The SMILES string of the molecule is Cc1ccc(Nc2nnc(S[C@@H](C(=O)NC3CC3)c3ccccc3)s2)cc1C. The summed E-state index contributed by atoms with van der Waals surface area (Å²) in [5.74, 6) is 0.0394. The van der Waals surface area contributed by atoms with E-state index in [1.54, 1.807) is 0 Å². The van der Waals surface area contributed by atoms with Crippen LogP contribution in [0.4, 0.5) is 10.8 Å². The lowest BCUT2D eigenvalue weighted by Crippen LogP contribution is -2.29. The molecule has 1 fully saturated rings. The average Bonchev–Trinajstić information content (AvgIpc) is 3.40. The van der Waals surface area contributed by atoms with Gasteiger partial charge < -0.3 is 10.6 Å². The zero-order valence-electron chi connectivity index (χ0n) is 15.8. The number of anilines is 2. The molecule has 0 spiro atoms. The van der Waals surface area contributed by atoms with Crippen LogP contribution in [0, 0.1) is 13.8 Å². The topological polar surface area (TPSA) is 66.9 Å². The highest BCUT2D eigenvalue weighted by atomic mass is 32.2. The van der Waals surface area contributed by atoms with Gasteiger partial charge in [-0.25, -0.2) is 0 Å². The van der Waals surface area contributed by atoms with Crippen LogP contribution in [0.25, 0.3) is 0 Å². The van der Waals surface area contributed by atoms with E-state index < -0.39 is 0 Å². The van der Waals surface area contributed by atoms with Gasteiger partial charge in [0.25, 0.3) is 0 Å². The first-order valence-corrected chi connectivity index (χ1v) is 11.0. The first-order chi connectivity index (χ1) is 13.6. The van der Waals surface area contributed by atoms with Crippen LogP contribution in [0.15, 0.2) is 52.9 Å². The minimum atomic E-state index is -0.329. The van der Waals surface area contributed by atoms with Crippen LogP contribution in [0.3, 0.4) is 0 Å². The van der Waals surface area contributed by atoms with Crippen LogP contribution < -0.4 is 10.6 Å². The van der Waals surface area contributed by atoms with E-state index >= 15 is 0 Å². The van der Waals surface area contributed by atoms with Crippen molar-refractivity contribution in [1.82, 2.24) is 15.5 Å². The molecule has 1 amide bonds. The van der Waals surface area contributed by atoms with Gasteiger partial charge in [-0.05, 0) is 55.5 Å². The summed E-state index contributed by atoms with van der Waals surface area (Å²) >= 11 is 2.91. The molecule has 0 saturated heterocycles. The summed E-state index contributed by atoms with van der Waals surface area (Å²) in [5.41, 5.74) is 4.45. The summed E-state index contributed by atoms with van der Waals surface area (Å²) in [6, 6.07) is 16.4. The van der Waals surface area contributed by atoms with Crippen molar-refractivity contribution in [2.75, 3.05) is 5.32 Å². The monoisotopic (exact) mass is 410 g/mol. The number of aryl methyl sites for hydroxylation is 2. The number of aromatic nitrogens is 2. The number of amides is 1. The number of nitrogens with one attached hydrogen (secondary N) is 2. The van der Waals surface area contributed by atoms with E-state index in [1.807, 2.05) is 36.4 Å². The molecule has 2 N–H and O–H groups in total. The molecule has 0 aliphatic heterocycles. The molecule has 7 heteroatoms. The van der Waals surface area contributed by atoms with Crippen molar-refractivity contribution in [2.45, 2.75) is 42.3 Å². The number of carbonyl (C=O) groups excluding carboxylic acids is 1. The number of thioether (sulfide) groups is 1. The smallest absolute Gasteiger partial charge is 0.238 e. The zero-order chi connectivity index (χ0) is 19.5. The molecule has 2 aromatic carbocycles. The minimum Gasteiger partial charge on any atom is -0.352 e. The molecule has 1 heterocycles.